The zero-order chi connectivity index (χ0) is 69.6. The lowest BCUT2D eigenvalue weighted by Gasteiger charge is -2.69. The number of anilines is 4. The highest BCUT2D eigenvalue weighted by molar-refractivity contribution is 7.22. The van der Waals surface area contributed by atoms with Gasteiger partial charge in [-0.05, 0) is 175 Å². The van der Waals surface area contributed by atoms with Gasteiger partial charge in [-0.3, -0.25) is 23.9 Å². The first-order valence-electron chi connectivity index (χ1n) is 36.4. The zero-order valence-corrected chi connectivity index (χ0v) is 61.5. The summed E-state index contributed by atoms with van der Waals surface area (Å²) in [5.74, 6) is 0.961. The number of likely N-dealkylation sites (tertiary alicyclic amines) is 2. The third kappa shape index (κ3) is 15.2. The number of hydrogen-bond donors (Lipinski definition) is 4. The molecule has 6 atom stereocenters. The second-order valence-electron chi connectivity index (χ2n) is 32.0. The third-order valence-corrected chi connectivity index (χ3v) is 24.3. The quantitative estimate of drug-likeness (QED) is 0.0370. The molecule has 3 unspecified atom stereocenters. The number of carbonyl (C=O) groups is 4. The Kier molecular flexibility index (Phi) is 20.3. The average Bonchev–Trinajstić information content (AvgIpc) is 0.977. The molecule has 528 valence electrons. The number of para-hydroxylation sites is 1. The lowest BCUT2D eigenvalue weighted by atomic mass is 9.39. The summed E-state index contributed by atoms with van der Waals surface area (Å²) >= 11 is 3.17. The van der Waals surface area contributed by atoms with Gasteiger partial charge in [-0.1, -0.05) is 108 Å². The molecule has 22 heteroatoms. The van der Waals surface area contributed by atoms with Crippen LogP contribution < -0.4 is 20.9 Å². The standard InChI is InChI=1S/C77H102N14O6S2/c1-49-56-22-21-35-89(68(56)86-85-67(49)84-72-81-59-23-16-17-24-61(59)99-72)62-31-30-57(58-39-79-91(52(58)4)47-76-42-74(8)41-75(9,43-76)45-77(44-74,46-76)97-37-36-88-33-19-20-34-88)64(82-62)70(95)87(10)32-18-14-12-11-13-15-25-63(93)83-66(73(5,6)7)71(96)90-40-55(92)38-60(90)69(94)80-50(2)53-26-28-54(29-27-53)65-51(3)78-48-98-65/h16-17,23-24,26-31,39,48,50,55,60,66,92H,11-15,18-22,25,32-38,40-47H2,1-10H3,(H,80,94)(H,83,93)(H,81,84,85)/t50-,55+,60-,66?,74?,75?,76?,77?/m0/s1. The number of ether oxygens (including phenoxy) is 1. The lowest BCUT2D eigenvalue weighted by molar-refractivity contribution is -0.248. The Morgan fingerprint density at radius 1 is 0.828 bits per heavy atom. The van der Waals surface area contributed by atoms with Gasteiger partial charge in [-0.15, -0.1) is 21.5 Å². The number of aliphatic hydroxyl groups excluding tert-OH is 1. The number of aryl methyl sites for hydroxylation is 1. The Balaban J connectivity index is 0.646. The molecule has 8 heterocycles. The number of pyridine rings is 1. The number of aromatic nitrogens is 7. The molecule has 2 aromatic carbocycles. The highest BCUT2D eigenvalue weighted by Gasteiger charge is 2.66. The lowest BCUT2D eigenvalue weighted by Crippen LogP contribution is -2.64. The maximum atomic E-state index is 15.2. The molecule has 3 aliphatic heterocycles. The number of thiazole rings is 2. The fraction of sp³-hybridized carbons (Fsp3) is 0.584. The Morgan fingerprint density at radius 3 is 2.29 bits per heavy atom. The number of carbonyl (C=O) groups excluding carboxylic acids is 4. The maximum absolute atomic E-state index is 15.2. The van der Waals surface area contributed by atoms with Gasteiger partial charge in [0, 0.05) is 80.6 Å². The van der Waals surface area contributed by atoms with E-state index in [2.05, 4.69) is 75.2 Å². The molecule has 6 fully saturated rings. The first-order chi connectivity index (χ1) is 47.4. The Labute approximate surface area is 591 Å². The van der Waals surface area contributed by atoms with Crippen LogP contribution in [0.1, 0.15) is 195 Å². The number of β-amino-alcohol motifs (C(OH)–C–C–N with tert-alkyl or cyclic N) is 1. The van der Waals surface area contributed by atoms with Crippen molar-refractivity contribution in [2.75, 3.05) is 63.1 Å². The van der Waals surface area contributed by atoms with Gasteiger partial charge in [0.25, 0.3) is 5.91 Å². The summed E-state index contributed by atoms with van der Waals surface area (Å²) < 4.78 is 10.5. The molecule has 4 aliphatic carbocycles. The molecule has 7 aliphatic rings. The van der Waals surface area contributed by atoms with Crippen LogP contribution in [0.5, 0.6) is 0 Å². The number of benzene rings is 2. The molecule has 20 nitrogen and oxygen atoms in total. The predicted octanol–water partition coefficient (Wildman–Crippen LogP) is 13.6. The molecule has 14 rings (SSSR count). The fourth-order valence-corrected chi connectivity index (χ4v) is 20.2. The predicted molar refractivity (Wildman–Crippen MR) is 392 cm³/mol. The van der Waals surface area contributed by atoms with Crippen molar-refractivity contribution < 1.29 is 29.0 Å². The summed E-state index contributed by atoms with van der Waals surface area (Å²) in [6.45, 7) is 25.1. The molecular formula is C77H102N14O6S2. The Hall–Kier alpha value is -7.24. The Morgan fingerprint density at radius 2 is 1.57 bits per heavy atom. The number of aliphatic hydroxyl groups is 1. The van der Waals surface area contributed by atoms with Crippen molar-refractivity contribution in [2.24, 2.45) is 21.7 Å². The van der Waals surface area contributed by atoms with Crippen LogP contribution in [0.15, 0.2) is 72.4 Å². The van der Waals surface area contributed by atoms with E-state index in [-0.39, 0.29) is 70.9 Å². The number of nitrogens with zero attached hydrogens (tertiary/aromatic N) is 11. The van der Waals surface area contributed by atoms with Crippen molar-refractivity contribution in [1.29, 1.82) is 0 Å². The topological polar surface area (TPSA) is 229 Å². The fourth-order valence-electron chi connectivity index (χ4n) is 18.5. The number of hydrogen-bond acceptors (Lipinski definition) is 17. The second-order valence-corrected chi connectivity index (χ2v) is 33.8. The summed E-state index contributed by atoms with van der Waals surface area (Å²) in [6.07, 6.45) is 17.6. The number of fused-ring (bicyclic) bond motifs is 2. The van der Waals surface area contributed by atoms with Gasteiger partial charge in [0.05, 0.1) is 56.8 Å². The van der Waals surface area contributed by atoms with E-state index in [0.29, 0.717) is 36.8 Å². The van der Waals surface area contributed by atoms with Gasteiger partial charge in [0.15, 0.2) is 16.8 Å². The number of rotatable bonds is 26. The van der Waals surface area contributed by atoms with Gasteiger partial charge in [0.2, 0.25) is 17.7 Å². The molecule has 4 bridgehead atoms. The largest absolute Gasteiger partial charge is 0.391 e. The molecule has 7 aromatic rings. The van der Waals surface area contributed by atoms with E-state index in [1.807, 2.05) is 107 Å². The van der Waals surface area contributed by atoms with Crippen LogP contribution in [0.25, 0.3) is 31.8 Å². The van der Waals surface area contributed by atoms with E-state index in [4.69, 9.17) is 30.0 Å². The number of amides is 4. The number of nitrogens with one attached hydrogen (secondary N) is 3. The molecule has 4 saturated carbocycles. The van der Waals surface area contributed by atoms with E-state index in [0.717, 1.165) is 168 Å². The van der Waals surface area contributed by atoms with Crippen LogP contribution in [-0.4, -0.2) is 155 Å². The Bertz CT molecular complexity index is 4050. The minimum atomic E-state index is -0.902. The summed E-state index contributed by atoms with van der Waals surface area (Å²) in [4.78, 5) is 80.8. The first kappa shape index (κ1) is 70.2. The van der Waals surface area contributed by atoms with E-state index >= 15 is 4.79 Å². The third-order valence-electron chi connectivity index (χ3n) is 22.4. The molecule has 5 aromatic heterocycles. The minimum Gasteiger partial charge on any atom is -0.391 e. The van der Waals surface area contributed by atoms with Gasteiger partial charge < -0.3 is 45.4 Å². The van der Waals surface area contributed by atoms with E-state index in [9.17, 15) is 19.5 Å². The van der Waals surface area contributed by atoms with Crippen molar-refractivity contribution >= 4 is 79.1 Å². The minimum absolute atomic E-state index is 0.00582. The molecule has 2 saturated heterocycles. The number of unbranched alkanes of at least 4 members (excludes halogenated alkanes) is 5. The van der Waals surface area contributed by atoms with Gasteiger partial charge >= 0.3 is 0 Å². The second kappa shape index (κ2) is 28.6. The smallest absolute Gasteiger partial charge is 0.272 e. The van der Waals surface area contributed by atoms with Crippen LogP contribution in [0, 0.1) is 42.4 Å². The summed E-state index contributed by atoms with van der Waals surface area (Å²) in [5.41, 5.74) is 10.6. The highest BCUT2D eigenvalue weighted by atomic mass is 32.1. The molecule has 0 spiro atoms. The van der Waals surface area contributed by atoms with Crippen LogP contribution >= 0.6 is 22.7 Å². The van der Waals surface area contributed by atoms with E-state index in [1.54, 1.807) is 22.7 Å². The van der Waals surface area contributed by atoms with Gasteiger partial charge in [-0.25, -0.2) is 15.0 Å². The van der Waals surface area contributed by atoms with Crippen molar-refractivity contribution in [1.82, 2.24) is 60.3 Å². The van der Waals surface area contributed by atoms with Crippen molar-refractivity contribution in [2.45, 2.75) is 214 Å². The molecule has 4 amide bonds. The molecule has 4 N–H and O–H groups in total. The average molecular weight is 1380 g/mol. The normalized spacial score (nSPS) is 24.2. The first-order valence-corrected chi connectivity index (χ1v) is 38.1. The monoisotopic (exact) mass is 1380 g/mol. The summed E-state index contributed by atoms with van der Waals surface area (Å²) in [5, 5.41) is 36.0. The molecule has 99 heavy (non-hydrogen) atoms. The molecular weight excluding hydrogens is 1280 g/mol. The van der Waals surface area contributed by atoms with E-state index in [1.165, 1.54) is 37.3 Å². The van der Waals surface area contributed by atoms with Crippen LogP contribution in [0.2, 0.25) is 0 Å². The van der Waals surface area contributed by atoms with Crippen molar-refractivity contribution in [3.8, 4) is 21.6 Å². The zero-order valence-electron chi connectivity index (χ0n) is 59.8. The summed E-state index contributed by atoms with van der Waals surface area (Å²) in [7, 11) is 1.88. The maximum Gasteiger partial charge on any atom is 0.272 e. The van der Waals surface area contributed by atoms with Crippen LogP contribution in [0.4, 0.5) is 22.6 Å². The van der Waals surface area contributed by atoms with Crippen molar-refractivity contribution in [3.63, 3.8) is 0 Å². The van der Waals surface area contributed by atoms with Crippen LogP contribution in [-0.2, 0) is 32.1 Å². The molecule has 0 radical (unpaired) electrons. The highest BCUT2D eigenvalue weighted by Crippen LogP contribution is 2.72. The van der Waals surface area contributed by atoms with Gasteiger partial charge in [0.1, 0.15) is 23.6 Å². The van der Waals surface area contributed by atoms with E-state index < -0.39 is 23.6 Å². The van der Waals surface area contributed by atoms with Gasteiger partial charge in [-0.2, -0.15) is 5.10 Å². The summed E-state index contributed by atoms with van der Waals surface area (Å²) in [6, 6.07) is 18.1. The van der Waals surface area contributed by atoms with Crippen LogP contribution in [0.3, 0.4) is 0 Å². The SMILES string of the molecule is Cc1ncsc1-c1ccc([C@H](C)NC(=O)[C@@H]2C[C@@H](O)CN2C(=O)C(NC(=O)CCCCCCCCN(C)C(=O)c2nc(N3CCCc4c3nnc(Nc3nc5ccccc5s3)c4C)ccc2-c2cnn(CC34CC5(C)CC(C)(C3)CC(OCCN3CCCC3)(C5)C4)c2C)C(C)(C)C)cc1. The van der Waals surface area contributed by atoms with Crippen molar-refractivity contribution in [3.05, 3.63) is 106 Å².